The SMILES string of the molecule is COc1ccc(CSc2nncn2N)cc1Cl. The molecule has 90 valence electrons. The minimum absolute atomic E-state index is 0.597. The third-order valence-electron chi connectivity index (χ3n) is 2.12. The summed E-state index contributed by atoms with van der Waals surface area (Å²) in [6, 6.07) is 5.66. The molecule has 0 aliphatic carbocycles. The molecule has 1 heterocycles. The van der Waals surface area contributed by atoms with Crippen LogP contribution in [0.4, 0.5) is 0 Å². The summed E-state index contributed by atoms with van der Waals surface area (Å²) in [6.45, 7) is 0. The number of nitrogens with two attached hydrogens (primary N) is 1. The van der Waals surface area contributed by atoms with Gasteiger partial charge < -0.3 is 10.6 Å². The Labute approximate surface area is 108 Å². The second-order valence-corrected chi connectivity index (χ2v) is 4.63. The molecule has 0 spiro atoms. The lowest BCUT2D eigenvalue weighted by Crippen LogP contribution is -2.07. The van der Waals surface area contributed by atoms with Crippen molar-refractivity contribution in [1.82, 2.24) is 14.9 Å². The van der Waals surface area contributed by atoms with Gasteiger partial charge >= 0.3 is 0 Å². The number of ether oxygens (including phenoxy) is 1. The maximum Gasteiger partial charge on any atom is 0.209 e. The van der Waals surface area contributed by atoms with Gasteiger partial charge in [-0.3, -0.25) is 0 Å². The first-order valence-corrected chi connectivity index (χ1v) is 6.17. The monoisotopic (exact) mass is 270 g/mol. The fourth-order valence-corrected chi connectivity index (χ4v) is 2.34. The number of hydrogen-bond acceptors (Lipinski definition) is 5. The van der Waals surface area contributed by atoms with Crippen molar-refractivity contribution in [2.24, 2.45) is 0 Å². The molecule has 0 unspecified atom stereocenters. The Hall–Kier alpha value is -1.40. The normalized spacial score (nSPS) is 10.5. The van der Waals surface area contributed by atoms with Crippen LogP contribution in [0.3, 0.4) is 0 Å². The summed E-state index contributed by atoms with van der Waals surface area (Å²) in [7, 11) is 1.59. The molecule has 2 aromatic rings. The average molecular weight is 271 g/mol. The molecule has 0 radical (unpaired) electrons. The minimum atomic E-state index is 0.597. The van der Waals surface area contributed by atoms with Crippen LogP contribution in [-0.2, 0) is 5.75 Å². The van der Waals surface area contributed by atoms with Crippen LogP contribution in [0.15, 0.2) is 29.7 Å². The molecule has 0 atom stereocenters. The predicted molar refractivity (Wildman–Crippen MR) is 67.7 cm³/mol. The van der Waals surface area contributed by atoms with Crippen molar-refractivity contribution in [1.29, 1.82) is 0 Å². The van der Waals surface area contributed by atoms with E-state index in [0.717, 1.165) is 11.3 Å². The Morgan fingerprint density at radius 3 is 2.94 bits per heavy atom. The first kappa shape index (κ1) is 12.1. The van der Waals surface area contributed by atoms with E-state index < -0.39 is 0 Å². The van der Waals surface area contributed by atoms with Crippen molar-refractivity contribution in [3.63, 3.8) is 0 Å². The maximum atomic E-state index is 6.03. The van der Waals surface area contributed by atoms with E-state index in [4.69, 9.17) is 22.2 Å². The highest BCUT2D eigenvalue weighted by atomic mass is 35.5. The number of hydrogen-bond donors (Lipinski definition) is 1. The molecule has 2 N–H and O–H groups in total. The molecule has 0 aliphatic heterocycles. The lowest BCUT2D eigenvalue weighted by molar-refractivity contribution is 0.415. The van der Waals surface area contributed by atoms with Gasteiger partial charge in [0.05, 0.1) is 12.1 Å². The van der Waals surface area contributed by atoms with E-state index in [1.165, 1.54) is 22.8 Å². The van der Waals surface area contributed by atoms with Crippen LogP contribution in [0.2, 0.25) is 5.02 Å². The van der Waals surface area contributed by atoms with E-state index in [0.29, 0.717) is 15.9 Å². The molecule has 0 bridgehead atoms. The number of halogens is 1. The maximum absolute atomic E-state index is 6.03. The number of nitrogen functional groups attached to an aromatic ring is 1. The molecule has 0 saturated carbocycles. The van der Waals surface area contributed by atoms with E-state index >= 15 is 0 Å². The first-order valence-electron chi connectivity index (χ1n) is 4.81. The van der Waals surface area contributed by atoms with E-state index in [2.05, 4.69) is 10.2 Å². The molecule has 0 aliphatic rings. The van der Waals surface area contributed by atoms with Crippen LogP contribution in [0.25, 0.3) is 0 Å². The average Bonchev–Trinajstić information content (AvgIpc) is 2.72. The van der Waals surface area contributed by atoms with Gasteiger partial charge in [-0.1, -0.05) is 29.4 Å². The summed E-state index contributed by atoms with van der Waals surface area (Å²) in [4.78, 5) is 0. The van der Waals surface area contributed by atoms with Gasteiger partial charge in [0, 0.05) is 5.75 Å². The Morgan fingerprint density at radius 1 is 1.53 bits per heavy atom. The lowest BCUT2D eigenvalue weighted by Gasteiger charge is -2.05. The zero-order valence-electron chi connectivity index (χ0n) is 9.13. The molecule has 0 saturated heterocycles. The number of nitrogens with zero attached hydrogens (tertiary/aromatic N) is 3. The third kappa shape index (κ3) is 2.83. The summed E-state index contributed by atoms with van der Waals surface area (Å²) >= 11 is 7.52. The molecular weight excluding hydrogens is 260 g/mol. The molecule has 17 heavy (non-hydrogen) atoms. The van der Waals surface area contributed by atoms with Crippen LogP contribution in [0, 0.1) is 0 Å². The number of rotatable bonds is 4. The van der Waals surface area contributed by atoms with E-state index in [-0.39, 0.29) is 0 Å². The number of benzene rings is 1. The molecule has 2 rings (SSSR count). The van der Waals surface area contributed by atoms with Gasteiger partial charge in [0.25, 0.3) is 0 Å². The standard InChI is InChI=1S/C10H11ClN4OS/c1-16-9-3-2-7(4-8(9)11)5-17-10-14-13-6-15(10)12/h2-4,6H,5,12H2,1H3. The highest BCUT2D eigenvalue weighted by Gasteiger charge is 2.05. The summed E-state index contributed by atoms with van der Waals surface area (Å²) < 4.78 is 6.47. The summed E-state index contributed by atoms with van der Waals surface area (Å²) in [5.41, 5.74) is 1.07. The largest absolute Gasteiger partial charge is 0.495 e. The fraction of sp³-hybridized carbons (Fsp3) is 0.200. The zero-order valence-corrected chi connectivity index (χ0v) is 10.7. The Kier molecular flexibility index (Phi) is 3.75. The topological polar surface area (TPSA) is 66.0 Å². The molecule has 1 aromatic heterocycles. The molecule has 1 aromatic carbocycles. The van der Waals surface area contributed by atoms with Gasteiger partial charge in [-0.2, -0.15) is 0 Å². The third-order valence-corrected chi connectivity index (χ3v) is 3.45. The van der Waals surface area contributed by atoms with Gasteiger partial charge in [0.2, 0.25) is 5.16 Å². The van der Waals surface area contributed by atoms with Crippen molar-refractivity contribution < 1.29 is 4.74 Å². The van der Waals surface area contributed by atoms with Crippen LogP contribution >= 0.6 is 23.4 Å². The Bertz CT molecular complexity index is 517. The molecule has 0 fully saturated rings. The van der Waals surface area contributed by atoms with Crippen molar-refractivity contribution in [3.8, 4) is 5.75 Å². The number of aromatic nitrogens is 3. The quantitative estimate of drug-likeness (QED) is 0.679. The highest BCUT2D eigenvalue weighted by molar-refractivity contribution is 7.98. The van der Waals surface area contributed by atoms with Crippen molar-refractivity contribution in [2.75, 3.05) is 13.0 Å². The molecular formula is C10H11ClN4OS. The molecule has 5 nitrogen and oxygen atoms in total. The second kappa shape index (κ2) is 5.29. The van der Waals surface area contributed by atoms with E-state index in [1.54, 1.807) is 7.11 Å². The molecule has 7 heteroatoms. The van der Waals surface area contributed by atoms with Crippen LogP contribution in [0.1, 0.15) is 5.56 Å². The van der Waals surface area contributed by atoms with Gasteiger partial charge in [-0.05, 0) is 17.7 Å². The zero-order chi connectivity index (χ0) is 12.3. The van der Waals surface area contributed by atoms with Gasteiger partial charge in [-0.25, -0.2) is 4.68 Å². The van der Waals surface area contributed by atoms with Crippen molar-refractivity contribution in [2.45, 2.75) is 10.9 Å². The Morgan fingerprint density at radius 2 is 2.35 bits per heavy atom. The summed E-state index contributed by atoms with van der Waals surface area (Å²) in [5.74, 6) is 7.00. The van der Waals surface area contributed by atoms with Crippen LogP contribution in [0.5, 0.6) is 5.75 Å². The van der Waals surface area contributed by atoms with Crippen molar-refractivity contribution in [3.05, 3.63) is 35.1 Å². The first-order chi connectivity index (χ1) is 8.20. The van der Waals surface area contributed by atoms with Crippen LogP contribution in [-0.4, -0.2) is 22.0 Å². The fourth-order valence-electron chi connectivity index (χ4n) is 1.28. The van der Waals surface area contributed by atoms with Crippen LogP contribution < -0.4 is 10.6 Å². The second-order valence-electron chi connectivity index (χ2n) is 3.28. The van der Waals surface area contributed by atoms with E-state index in [1.807, 2.05) is 18.2 Å². The summed E-state index contributed by atoms with van der Waals surface area (Å²) in [6.07, 6.45) is 1.46. The smallest absolute Gasteiger partial charge is 0.209 e. The summed E-state index contributed by atoms with van der Waals surface area (Å²) in [5, 5.41) is 8.84. The number of methoxy groups -OCH3 is 1. The van der Waals surface area contributed by atoms with Crippen molar-refractivity contribution >= 4 is 23.4 Å². The number of thioether (sulfide) groups is 1. The van der Waals surface area contributed by atoms with Gasteiger partial charge in [0.1, 0.15) is 12.1 Å². The minimum Gasteiger partial charge on any atom is -0.495 e. The molecule has 0 amide bonds. The predicted octanol–water partition coefficient (Wildman–Crippen LogP) is 1.95. The highest BCUT2D eigenvalue weighted by Crippen LogP contribution is 2.27. The Balaban J connectivity index is 2.05. The lowest BCUT2D eigenvalue weighted by atomic mass is 10.2. The van der Waals surface area contributed by atoms with Gasteiger partial charge in [0.15, 0.2) is 0 Å². The van der Waals surface area contributed by atoms with Gasteiger partial charge in [-0.15, -0.1) is 10.2 Å². The van der Waals surface area contributed by atoms with E-state index in [9.17, 15) is 0 Å².